The third-order valence-electron chi connectivity index (χ3n) is 5.26. The highest BCUT2D eigenvalue weighted by molar-refractivity contribution is 6.02. The van der Waals surface area contributed by atoms with Crippen molar-refractivity contribution in [2.24, 2.45) is 0 Å². The van der Waals surface area contributed by atoms with Gasteiger partial charge in [0.2, 0.25) is 0 Å². The van der Waals surface area contributed by atoms with Crippen LogP contribution in [0.1, 0.15) is 43.5 Å². The molecule has 152 valence electrons. The van der Waals surface area contributed by atoms with Gasteiger partial charge in [0.25, 0.3) is 5.91 Å². The Hall–Kier alpha value is -2.93. The molecule has 1 atom stereocenters. The monoisotopic (exact) mass is 392 g/mol. The average Bonchev–Trinajstić information content (AvgIpc) is 3.41. The summed E-state index contributed by atoms with van der Waals surface area (Å²) in [5.41, 5.74) is 3.48. The van der Waals surface area contributed by atoms with E-state index in [1.807, 2.05) is 44.3 Å². The fraction of sp³-hybridized carbons (Fsp3) is 0.409. The van der Waals surface area contributed by atoms with Crippen molar-refractivity contribution >= 4 is 22.6 Å². The summed E-state index contributed by atoms with van der Waals surface area (Å²) in [7, 11) is 0. The Balaban J connectivity index is 1.60. The van der Waals surface area contributed by atoms with E-state index in [9.17, 15) is 4.79 Å². The summed E-state index contributed by atoms with van der Waals surface area (Å²) in [6, 6.07) is 8.67. The van der Waals surface area contributed by atoms with E-state index in [1.165, 1.54) is 12.8 Å². The smallest absolute Gasteiger partial charge is 0.255 e. The number of nitrogens with zero attached hydrogens (tertiary/aromatic N) is 2. The number of fused-ring (bicyclic) bond motifs is 1. The first kappa shape index (κ1) is 19.4. The predicted molar refractivity (Wildman–Crippen MR) is 116 cm³/mol. The highest BCUT2D eigenvalue weighted by Gasteiger charge is 2.17. The summed E-state index contributed by atoms with van der Waals surface area (Å²) in [5, 5.41) is 17.6. The number of hydrogen-bond acceptors (Lipinski definition) is 5. The van der Waals surface area contributed by atoms with Crippen LogP contribution in [0.5, 0.6) is 0 Å². The van der Waals surface area contributed by atoms with Crippen LogP contribution in [0, 0.1) is 0 Å². The molecule has 2 aromatic heterocycles. The van der Waals surface area contributed by atoms with E-state index >= 15 is 0 Å². The topological polar surface area (TPSA) is 94.7 Å². The Bertz CT molecular complexity index is 976. The summed E-state index contributed by atoms with van der Waals surface area (Å²) < 4.78 is 0. The van der Waals surface area contributed by atoms with Crippen molar-refractivity contribution in [3.8, 4) is 11.1 Å². The number of carbonyl (C=O) groups is 1. The molecule has 0 radical (unpaired) electrons. The normalized spacial score (nSPS) is 16.4. The number of amides is 1. The molecular weight excluding hydrogens is 364 g/mol. The second-order valence-corrected chi connectivity index (χ2v) is 7.92. The van der Waals surface area contributed by atoms with Gasteiger partial charge in [-0.25, -0.2) is 4.98 Å². The number of aromatic amines is 1. The van der Waals surface area contributed by atoms with Crippen LogP contribution in [0.4, 0.5) is 5.82 Å². The van der Waals surface area contributed by atoms with Crippen molar-refractivity contribution < 1.29 is 4.79 Å². The first-order chi connectivity index (χ1) is 14.1. The minimum Gasteiger partial charge on any atom is -0.367 e. The van der Waals surface area contributed by atoms with Crippen molar-refractivity contribution in [1.82, 2.24) is 25.8 Å². The molecule has 7 heteroatoms. The highest BCUT2D eigenvalue weighted by Crippen LogP contribution is 2.26. The van der Waals surface area contributed by atoms with Gasteiger partial charge >= 0.3 is 0 Å². The van der Waals surface area contributed by atoms with Gasteiger partial charge < -0.3 is 16.0 Å². The van der Waals surface area contributed by atoms with Gasteiger partial charge in [0.05, 0.1) is 17.3 Å². The number of H-pyrrole nitrogens is 1. The van der Waals surface area contributed by atoms with E-state index in [1.54, 1.807) is 6.20 Å². The van der Waals surface area contributed by atoms with Crippen molar-refractivity contribution in [3.63, 3.8) is 0 Å². The lowest BCUT2D eigenvalue weighted by atomic mass is 10.0. The van der Waals surface area contributed by atoms with Gasteiger partial charge in [0.1, 0.15) is 5.82 Å². The molecule has 1 aromatic carbocycles. The number of anilines is 1. The Morgan fingerprint density at radius 1 is 1.28 bits per heavy atom. The zero-order chi connectivity index (χ0) is 20.2. The summed E-state index contributed by atoms with van der Waals surface area (Å²) in [5.74, 6) is 0.536. The summed E-state index contributed by atoms with van der Waals surface area (Å²) in [4.78, 5) is 17.7. The summed E-state index contributed by atoms with van der Waals surface area (Å²) in [6.07, 6.45) is 6.99. The number of carbonyl (C=O) groups excluding carboxylic acids is 1. The van der Waals surface area contributed by atoms with Crippen LogP contribution in [0.25, 0.3) is 22.0 Å². The summed E-state index contributed by atoms with van der Waals surface area (Å²) >= 11 is 0. The lowest BCUT2D eigenvalue weighted by Crippen LogP contribution is -2.31. The first-order valence-electron chi connectivity index (χ1n) is 10.3. The number of benzene rings is 1. The van der Waals surface area contributed by atoms with Gasteiger partial charge in [0, 0.05) is 35.8 Å². The van der Waals surface area contributed by atoms with E-state index < -0.39 is 0 Å². The molecule has 1 aliphatic rings. The molecule has 29 heavy (non-hydrogen) atoms. The first-order valence-corrected chi connectivity index (χ1v) is 10.3. The molecule has 4 rings (SSSR count). The minimum absolute atomic E-state index is 0.0886. The van der Waals surface area contributed by atoms with Crippen LogP contribution >= 0.6 is 0 Å². The van der Waals surface area contributed by atoms with Crippen LogP contribution in [0.3, 0.4) is 0 Å². The Kier molecular flexibility index (Phi) is 5.76. The van der Waals surface area contributed by atoms with Crippen molar-refractivity contribution in [3.05, 3.63) is 42.2 Å². The maximum absolute atomic E-state index is 13.0. The lowest BCUT2D eigenvalue weighted by Gasteiger charge is -2.16. The molecule has 1 amide bonds. The van der Waals surface area contributed by atoms with E-state index in [4.69, 9.17) is 4.98 Å². The van der Waals surface area contributed by atoms with Gasteiger partial charge in [-0.1, -0.05) is 6.07 Å². The Morgan fingerprint density at radius 3 is 2.90 bits per heavy atom. The molecule has 7 nitrogen and oxygen atoms in total. The largest absolute Gasteiger partial charge is 0.367 e. The molecule has 1 unspecified atom stereocenters. The SMILES string of the molecule is CC(C)Nc1nc2ccc(-c3cn[nH]c3)cc2cc1C(=O)NCCC1CCCN1. The molecule has 3 aromatic rings. The van der Waals surface area contributed by atoms with E-state index in [2.05, 4.69) is 26.1 Å². The zero-order valence-corrected chi connectivity index (χ0v) is 17.0. The second kappa shape index (κ2) is 8.61. The van der Waals surface area contributed by atoms with Crippen LogP contribution in [-0.2, 0) is 0 Å². The molecule has 3 heterocycles. The third-order valence-corrected chi connectivity index (χ3v) is 5.26. The molecule has 1 saturated heterocycles. The molecule has 1 aliphatic heterocycles. The van der Waals surface area contributed by atoms with Gasteiger partial charge in [-0.3, -0.25) is 9.89 Å². The van der Waals surface area contributed by atoms with Crippen molar-refractivity contribution in [1.29, 1.82) is 0 Å². The number of nitrogens with one attached hydrogen (secondary N) is 4. The zero-order valence-electron chi connectivity index (χ0n) is 17.0. The maximum atomic E-state index is 13.0. The predicted octanol–water partition coefficient (Wildman–Crippen LogP) is 3.32. The molecule has 0 aliphatic carbocycles. The lowest BCUT2D eigenvalue weighted by molar-refractivity contribution is 0.0953. The summed E-state index contributed by atoms with van der Waals surface area (Å²) in [6.45, 7) is 5.82. The molecule has 4 N–H and O–H groups in total. The second-order valence-electron chi connectivity index (χ2n) is 7.92. The van der Waals surface area contributed by atoms with Crippen LogP contribution in [0.15, 0.2) is 36.7 Å². The fourth-order valence-electron chi connectivity index (χ4n) is 3.78. The number of rotatable bonds is 7. The van der Waals surface area contributed by atoms with Crippen LogP contribution in [0.2, 0.25) is 0 Å². The molecule has 0 bridgehead atoms. The molecular formula is C22H28N6O. The highest BCUT2D eigenvalue weighted by atomic mass is 16.1. The standard InChI is InChI=1S/C22H28N6O/c1-14(2)27-21-19(22(29)24-9-7-18-4-3-8-23-18)11-16-10-15(5-6-20(16)28-21)17-12-25-26-13-17/h5-6,10-14,18,23H,3-4,7-9H2,1-2H3,(H,24,29)(H,25,26)(H,27,28). The third kappa shape index (κ3) is 4.56. The van der Waals surface area contributed by atoms with E-state index in [-0.39, 0.29) is 11.9 Å². The van der Waals surface area contributed by atoms with Crippen molar-refractivity contribution in [2.75, 3.05) is 18.4 Å². The van der Waals surface area contributed by atoms with Crippen molar-refractivity contribution in [2.45, 2.75) is 45.2 Å². The van der Waals surface area contributed by atoms with Crippen LogP contribution in [-0.4, -0.2) is 46.3 Å². The number of hydrogen-bond donors (Lipinski definition) is 4. The quantitative estimate of drug-likeness (QED) is 0.495. The van der Waals surface area contributed by atoms with Gasteiger partial charge in [-0.15, -0.1) is 0 Å². The molecule has 0 spiro atoms. The molecule has 0 saturated carbocycles. The minimum atomic E-state index is -0.0886. The van der Waals surface area contributed by atoms with Gasteiger partial charge in [0.15, 0.2) is 0 Å². The fourth-order valence-corrected chi connectivity index (χ4v) is 3.78. The van der Waals surface area contributed by atoms with E-state index in [0.717, 1.165) is 35.0 Å². The number of pyridine rings is 1. The van der Waals surface area contributed by atoms with Crippen LogP contribution < -0.4 is 16.0 Å². The average molecular weight is 393 g/mol. The Morgan fingerprint density at radius 2 is 2.17 bits per heavy atom. The Labute approximate surface area is 170 Å². The van der Waals surface area contributed by atoms with Gasteiger partial charge in [-0.05, 0) is 63.4 Å². The van der Waals surface area contributed by atoms with Gasteiger partial charge in [-0.2, -0.15) is 5.10 Å². The molecule has 1 fully saturated rings. The number of aromatic nitrogens is 3. The van der Waals surface area contributed by atoms with E-state index in [0.29, 0.717) is 24.0 Å². The maximum Gasteiger partial charge on any atom is 0.255 e.